The van der Waals surface area contributed by atoms with Crippen LogP contribution < -0.4 is 15.4 Å². The molecule has 1 aromatic heterocycles. The zero-order chi connectivity index (χ0) is 24.7. The summed E-state index contributed by atoms with van der Waals surface area (Å²) in [6, 6.07) is 9.88. The first kappa shape index (κ1) is 25.3. The maximum Gasteiger partial charge on any atom is 0.433 e. The number of methoxy groups -OCH3 is 1. The second kappa shape index (κ2) is 11.2. The Bertz CT molecular complexity index is 1080. The summed E-state index contributed by atoms with van der Waals surface area (Å²) in [7, 11) is 1.54. The summed E-state index contributed by atoms with van der Waals surface area (Å²) in [5.41, 5.74) is -0.0792. The molecule has 2 atom stereocenters. The van der Waals surface area contributed by atoms with Gasteiger partial charge >= 0.3 is 6.18 Å². The van der Waals surface area contributed by atoms with E-state index in [0.717, 1.165) is 23.9 Å². The number of aliphatic hydroxyl groups is 1. The fraction of sp³-hybridized carbons (Fsp3) is 0.304. The highest BCUT2D eigenvalue weighted by Crippen LogP contribution is 2.27. The number of hydrogen-bond acceptors (Lipinski definition) is 6. The van der Waals surface area contributed by atoms with E-state index >= 15 is 0 Å². The molecule has 3 N–H and O–H groups in total. The molecule has 0 aliphatic heterocycles. The van der Waals surface area contributed by atoms with Crippen LogP contribution in [-0.4, -0.2) is 40.9 Å². The molecule has 0 saturated heterocycles. The Morgan fingerprint density at radius 3 is 2.44 bits per heavy atom. The number of nitrogens with zero attached hydrogens (tertiary/aromatic N) is 2. The summed E-state index contributed by atoms with van der Waals surface area (Å²) in [6.07, 6.45) is -5.02. The van der Waals surface area contributed by atoms with Crippen molar-refractivity contribution in [1.82, 2.24) is 15.3 Å². The van der Waals surface area contributed by atoms with Crippen molar-refractivity contribution in [3.8, 4) is 5.75 Å². The quantitative estimate of drug-likeness (QED) is 0.380. The predicted octanol–water partition coefficient (Wildman–Crippen LogP) is 3.96. The molecule has 2 aromatic carbocycles. The molecule has 6 nitrogen and oxygen atoms in total. The number of rotatable bonds is 10. The zero-order valence-corrected chi connectivity index (χ0v) is 18.1. The van der Waals surface area contributed by atoms with Gasteiger partial charge in [0.05, 0.1) is 19.3 Å². The molecule has 11 heteroatoms. The average Bonchev–Trinajstić information content (AvgIpc) is 2.77. The molecule has 2 unspecified atom stereocenters. The topological polar surface area (TPSA) is 79.3 Å². The van der Waals surface area contributed by atoms with E-state index in [9.17, 15) is 27.1 Å². The molecule has 1 heterocycles. The lowest BCUT2D eigenvalue weighted by Gasteiger charge is -2.25. The maximum atomic E-state index is 13.6. The Morgan fingerprint density at radius 1 is 1.03 bits per heavy atom. The van der Waals surface area contributed by atoms with E-state index < -0.39 is 35.7 Å². The zero-order valence-electron chi connectivity index (χ0n) is 18.1. The standard InChI is InChI=1S/C23H23F5N4O2/c1-34-18-4-2-3-14(9-18)12-29-13-20(33)19(10-15-7-16(24)11-17(25)8-15)31-22-30-6-5-21(32-22)23(26,27)28/h2-9,11,19-20,29,33H,10,12-13H2,1H3,(H,30,31,32). The minimum Gasteiger partial charge on any atom is -0.497 e. The number of aliphatic hydroxyl groups excluding tert-OH is 1. The highest BCUT2D eigenvalue weighted by molar-refractivity contribution is 5.31. The highest BCUT2D eigenvalue weighted by Gasteiger charge is 2.33. The van der Waals surface area contributed by atoms with Crippen molar-refractivity contribution in [1.29, 1.82) is 0 Å². The van der Waals surface area contributed by atoms with E-state index in [1.807, 2.05) is 6.07 Å². The number of nitrogens with one attached hydrogen (secondary N) is 2. The van der Waals surface area contributed by atoms with E-state index in [-0.39, 0.29) is 24.5 Å². The van der Waals surface area contributed by atoms with Crippen LogP contribution in [0.3, 0.4) is 0 Å². The van der Waals surface area contributed by atoms with Crippen LogP contribution in [0.5, 0.6) is 5.75 Å². The second-order valence-electron chi connectivity index (χ2n) is 7.55. The van der Waals surface area contributed by atoms with Crippen LogP contribution in [0.2, 0.25) is 0 Å². The van der Waals surface area contributed by atoms with Gasteiger partial charge in [0.1, 0.15) is 23.1 Å². The third-order valence-electron chi connectivity index (χ3n) is 4.92. The monoisotopic (exact) mass is 482 g/mol. The van der Waals surface area contributed by atoms with Crippen LogP contribution in [0.25, 0.3) is 0 Å². The first-order valence-corrected chi connectivity index (χ1v) is 10.3. The smallest absolute Gasteiger partial charge is 0.433 e. The largest absolute Gasteiger partial charge is 0.497 e. The molecule has 34 heavy (non-hydrogen) atoms. The van der Waals surface area contributed by atoms with Gasteiger partial charge in [-0.15, -0.1) is 0 Å². The number of halogens is 5. The van der Waals surface area contributed by atoms with Gasteiger partial charge < -0.3 is 20.5 Å². The lowest BCUT2D eigenvalue weighted by Crippen LogP contribution is -2.42. The number of anilines is 1. The van der Waals surface area contributed by atoms with Crippen molar-refractivity contribution in [2.45, 2.75) is 31.3 Å². The van der Waals surface area contributed by atoms with E-state index in [0.29, 0.717) is 24.4 Å². The van der Waals surface area contributed by atoms with Crippen molar-refractivity contribution in [2.24, 2.45) is 0 Å². The fourth-order valence-electron chi connectivity index (χ4n) is 3.31. The van der Waals surface area contributed by atoms with E-state index in [1.165, 1.54) is 7.11 Å². The third-order valence-corrected chi connectivity index (χ3v) is 4.92. The van der Waals surface area contributed by atoms with E-state index in [4.69, 9.17) is 4.74 Å². The van der Waals surface area contributed by atoms with Crippen molar-refractivity contribution < 1.29 is 31.8 Å². The average molecular weight is 482 g/mol. The summed E-state index contributed by atoms with van der Waals surface area (Å²) in [5, 5.41) is 16.5. The molecule has 182 valence electrons. The van der Waals surface area contributed by atoms with Crippen LogP contribution in [0.1, 0.15) is 16.8 Å². The van der Waals surface area contributed by atoms with Crippen LogP contribution in [0, 0.1) is 11.6 Å². The molecule has 0 radical (unpaired) electrons. The van der Waals surface area contributed by atoms with Gasteiger partial charge in [-0.1, -0.05) is 12.1 Å². The number of hydrogen-bond donors (Lipinski definition) is 3. The van der Waals surface area contributed by atoms with Gasteiger partial charge in [-0.05, 0) is 47.9 Å². The number of ether oxygens (including phenoxy) is 1. The van der Waals surface area contributed by atoms with Gasteiger partial charge in [0.25, 0.3) is 0 Å². The van der Waals surface area contributed by atoms with Crippen molar-refractivity contribution in [2.75, 3.05) is 19.0 Å². The highest BCUT2D eigenvalue weighted by atomic mass is 19.4. The van der Waals surface area contributed by atoms with Gasteiger partial charge in [-0.3, -0.25) is 0 Å². The van der Waals surface area contributed by atoms with Gasteiger partial charge in [0.15, 0.2) is 0 Å². The van der Waals surface area contributed by atoms with Gasteiger partial charge in [-0.2, -0.15) is 13.2 Å². The van der Waals surface area contributed by atoms with Crippen molar-refractivity contribution in [3.05, 3.63) is 83.2 Å². The minimum atomic E-state index is -4.68. The summed E-state index contributed by atoms with van der Waals surface area (Å²) < 4.78 is 71.5. The molecule has 0 saturated carbocycles. The summed E-state index contributed by atoms with van der Waals surface area (Å²) in [6.45, 7) is 0.390. The molecular weight excluding hydrogens is 459 g/mol. The molecule has 0 aliphatic carbocycles. The first-order chi connectivity index (χ1) is 16.1. The fourth-order valence-corrected chi connectivity index (χ4v) is 3.31. The lowest BCUT2D eigenvalue weighted by atomic mass is 10.0. The Kier molecular flexibility index (Phi) is 8.35. The Labute approximate surface area is 192 Å². The lowest BCUT2D eigenvalue weighted by molar-refractivity contribution is -0.141. The Morgan fingerprint density at radius 2 is 1.76 bits per heavy atom. The third kappa shape index (κ3) is 7.35. The molecular formula is C23H23F5N4O2. The second-order valence-corrected chi connectivity index (χ2v) is 7.55. The number of alkyl halides is 3. The van der Waals surface area contributed by atoms with E-state index in [1.54, 1.807) is 18.2 Å². The predicted molar refractivity (Wildman–Crippen MR) is 115 cm³/mol. The number of benzene rings is 2. The maximum absolute atomic E-state index is 13.6. The molecule has 0 spiro atoms. The van der Waals surface area contributed by atoms with Gasteiger partial charge in [0.2, 0.25) is 5.95 Å². The minimum absolute atomic E-state index is 0.0195. The first-order valence-electron chi connectivity index (χ1n) is 10.3. The van der Waals surface area contributed by atoms with Crippen LogP contribution in [0.4, 0.5) is 27.9 Å². The van der Waals surface area contributed by atoms with Crippen LogP contribution >= 0.6 is 0 Å². The Balaban J connectivity index is 1.74. The van der Waals surface area contributed by atoms with Gasteiger partial charge in [0, 0.05) is 25.4 Å². The van der Waals surface area contributed by atoms with E-state index in [2.05, 4.69) is 20.6 Å². The summed E-state index contributed by atoms with van der Waals surface area (Å²) in [4.78, 5) is 7.23. The summed E-state index contributed by atoms with van der Waals surface area (Å²) in [5.74, 6) is -1.33. The Hall–Kier alpha value is -3.31. The molecule has 3 rings (SSSR count). The molecule has 3 aromatic rings. The SMILES string of the molecule is COc1cccc(CNCC(O)C(Cc2cc(F)cc(F)c2)Nc2nccc(C(F)(F)F)n2)c1. The van der Waals surface area contributed by atoms with Crippen LogP contribution in [0.15, 0.2) is 54.7 Å². The van der Waals surface area contributed by atoms with Crippen LogP contribution in [-0.2, 0) is 19.1 Å². The molecule has 0 aliphatic rings. The normalized spacial score (nSPS) is 13.4. The molecule has 0 amide bonds. The molecule has 0 fully saturated rings. The van der Waals surface area contributed by atoms with Gasteiger partial charge in [-0.25, -0.2) is 18.7 Å². The summed E-state index contributed by atoms with van der Waals surface area (Å²) >= 11 is 0. The van der Waals surface area contributed by atoms with Crippen molar-refractivity contribution >= 4 is 5.95 Å². The molecule has 0 bridgehead atoms. The number of aromatic nitrogens is 2. The van der Waals surface area contributed by atoms with Crippen molar-refractivity contribution in [3.63, 3.8) is 0 Å².